The lowest BCUT2D eigenvalue weighted by Crippen LogP contribution is -2.30. The number of aromatic nitrogens is 4. The standard InChI is InChI=1S/C14H19N5/c1-10(2)19-7-3-4-14(19)13-9-15-12(8-16-13)11-5-6-17-18-11/h5-6,8-10,14H,3-4,7H2,1-2H3,(H,17,18)/t14-/m0/s1. The van der Waals surface area contributed by atoms with E-state index in [9.17, 15) is 0 Å². The highest BCUT2D eigenvalue weighted by Gasteiger charge is 2.28. The van der Waals surface area contributed by atoms with E-state index in [1.54, 1.807) is 6.20 Å². The molecule has 0 radical (unpaired) electrons. The molecule has 0 bridgehead atoms. The topological polar surface area (TPSA) is 57.7 Å². The first-order valence-electron chi connectivity index (χ1n) is 6.83. The van der Waals surface area contributed by atoms with Gasteiger partial charge in [-0.2, -0.15) is 5.10 Å². The molecule has 19 heavy (non-hydrogen) atoms. The number of nitrogens with zero attached hydrogens (tertiary/aromatic N) is 4. The summed E-state index contributed by atoms with van der Waals surface area (Å²) in [5, 5.41) is 6.84. The fraction of sp³-hybridized carbons (Fsp3) is 0.500. The van der Waals surface area contributed by atoms with Crippen LogP contribution in [0, 0.1) is 0 Å². The molecule has 100 valence electrons. The van der Waals surface area contributed by atoms with Crippen molar-refractivity contribution < 1.29 is 0 Å². The second-order valence-corrected chi connectivity index (χ2v) is 5.29. The zero-order valence-corrected chi connectivity index (χ0v) is 11.4. The van der Waals surface area contributed by atoms with E-state index in [-0.39, 0.29) is 0 Å². The number of nitrogens with one attached hydrogen (secondary N) is 1. The Kier molecular flexibility index (Phi) is 3.29. The van der Waals surface area contributed by atoms with Crippen molar-refractivity contribution in [1.29, 1.82) is 0 Å². The maximum Gasteiger partial charge on any atom is 0.106 e. The van der Waals surface area contributed by atoms with Crippen LogP contribution in [-0.2, 0) is 0 Å². The highest BCUT2D eigenvalue weighted by Crippen LogP contribution is 2.32. The molecule has 3 rings (SSSR count). The van der Waals surface area contributed by atoms with Crippen molar-refractivity contribution in [3.63, 3.8) is 0 Å². The van der Waals surface area contributed by atoms with Crippen LogP contribution in [0.1, 0.15) is 38.4 Å². The smallest absolute Gasteiger partial charge is 0.106 e. The van der Waals surface area contributed by atoms with E-state index < -0.39 is 0 Å². The summed E-state index contributed by atoms with van der Waals surface area (Å²) < 4.78 is 0. The van der Waals surface area contributed by atoms with Gasteiger partial charge in [0, 0.05) is 12.2 Å². The largest absolute Gasteiger partial charge is 0.292 e. The summed E-state index contributed by atoms with van der Waals surface area (Å²) in [6, 6.07) is 2.88. The predicted octanol–water partition coefficient (Wildman–Crippen LogP) is 2.41. The van der Waals surface area contributed by atoms with Crippen LogP contribution in [0.4, 0.5) is 0 Å². The van der Waals surface area contributed by atoms with E-state index in [1.807, 2.05) is 18.5 Å². The maximum absolute atomic E-state index is 4.60. The van der Waals surface area contributed by atoms with Gasteiger partial charge in [0.25, 0.3) is 0 Å². The van der Waals surface area contributed by atoms with Crippen LogP contribution in [0.25, 0.3) is 11.4 Å². The van der Waals surface area contributed by atoms with Crippen molar-refractivity contribution in [2.24, 2.45) is 0 Å². The van der Waals surface area contributed by atoms with Gasteiger partial charge in [0.1, 0.15) is 5.69 Å². The summed E-state index contributed by atoms with van der Waals surface area (Å²) in [4.78, 5) is 11.6. The minimum Gasteiger partial charge on any atom is -0.292 e. The molecule has 5 nitrogen and oxygen atoms in total. The van der Waals surface area contributed by atoms with Gasteiger partial charge in [0.05, 0.1) is 29.8 Å². The van der Waals surface area contributed by atoms with E-state index >= 15 is 0 Å². The molecule has 1 N–H and O–H groups in total. The summed E-state index contributed by atoms with van der Waals surface area (Å²) in [5.74, 6) is 0. The molecule has 0 amide bonds. The molecule has 0 spiro atoms. The van der Waals surface area contributed by atoms with Gasteiger partial charge >= 0.3 is 0 Å². The van der Waals surface area contributed by atoms with Crippen molar-refractivity contribution in [1.82, 2.24) is 25.1 Å². The molecule has 1 saturated heterocycles. The minimum atomic E-state index is 0.420. The summed E-state index contributed by atoms with van der Waals surface area (Å²) in [6.45, 7) is 5.64. The van der Waals surface area contributed by atoms with Crippen LogP contribution < -0.4 is 0 Å². The fourth-order valence-electron chi connectivity index (χ4n) is 2.77. The molecular weight excluding hydrogens is 238 g/mol. The Labute approximate surface area is 113 Å². The Balaban J connectivity index is 1.83. The first-order chi connectivity index (χ1) is 9.25. The molecule has 0 aliphatic carbocycles. The van der Waals surface area contributed by atoms with E-state index in [1.165, 1.54) is 12.8 Å². The second-order valence-electron chi connectivity index (χ2n) is 5.29. The third kappa shape index (κ3) is 2.38. The fourth-order valence-corrected chi connectivity index (χ4v) is 2.77. The monoisotopic (exact) mass is 257 g/mol. The molecule has 1 atom stereocenters. The first kappa shape index (κ1) is 12.3. The Morgan fingerprint density at radius 1 is 1.32 bits per heavy atom. The number of hydrogen-bond donors (Lipinski definition) is 1. The molecule has 1 fully saturated rings. The Bertz CT molecular complexity index is 517. The number of likely N-dealkylation sites (tertiary alicyclic amines) is 1. The normalized spacial score (nSPS) is 20.3. The molecule has 0 saturated carbocycles. The first-order valence-corrected chi connectivity index (χ1v) is 6.83. The van der Waals surface area contributed by atoms with Crippen LogP contribution in [0.5, 0.6) is 0 Å². The molecule has 1 aliphatic rings. The third-order valence-corrected chi connectivity index (χ3v) is 3.75. The molecule has 0 aromatic carbocycles. The van der Waals surface area contributed by atoms with Gasteiger partial charge in [0.2, 0.25) is 0 Å². The second kappa shape index (κ2) is 5.09. The predicted molar refractivity (Wildman–Crippen MR) is 73.4 cm³/mol. The third-order valence-electron chi connectivity index (χ3n) is 3.75. The van der Waals surface area contributed by atoms with E-state index in [4.69, 9.17) is 0 Å². The summed E-state index contributed by atoms with van der Waals surface area (Å²) in [6.07, 6.45) is 7.88. The van der Waals surface area contributed by atoms with E-state index in [2.05, 4.69) is 38.9 Å². The van der Waals surface area contributed by atoms with E-state index in [0.717, 1.165) is 23.6 Å². The SMILES string of the molecule is CC(C)N1CCC[C@H]1c1cnc(-c2ccn[nH]2)cn1. The van der Waals surface area contributed by atoms with E-state index in [0.29, 0.717) is 12.1 Å². The van der Waals surface area contributed by atoms with Crippen LogP contribution in [0.3, 0.4) is 0 Å². The van der Waals surface area contributed by atoms with Crippen LogP contribution >= 0.6 is 0 Å². The van der Waals surface area contributed by atoms with Crippen molar-refractivity contribution in [2.45, 2.75) is 38.8 Å². The van der Waals surface area contributed by atoms with Crippen LogP contribution in [0.15, 0.2) is 24.7 Å². The zero-order chi connectivity index (χ0) is 13.2. The summed E-state index contributed by atoms with van der Waals surface area (Å²) in [7, 11) is 0. The lowest BCUT2D eigenvalue weighted by Gasteiger charge is -2.27. The van der Waals surface area contributed by atoms with Gasteiger partial charge < -0.3 is 0 Å². The number of H-pyrrole nitrogens is 1. The molecule has 2 aromatic rings. The molecule has 2 aromatic heterocycles. The Morgan fingerprint density at radius 3 is 2.84 bits per heavy atom. The summed E-state index contributed by atoms with van der Waals surface area (Å²) >= 11 is 0. The van der Waals surface area contributed by atoms with Crippen molar-refractivity contribution in [3.05, 3.63) is 30.4 Å². The Hall–Kier alpha value is -1.75. The van der Waals surface area contributed by atoms with Gasteiger partial charge in [-0.25, -0.2) is 0 Å². The van der Waals surface area contributed by atoms with Gasteiger partial charge in [-0.3, -0.25) is 20.0 Å². The van der Waals surface area contributed by atoms with Gasteiger partial charge in [0.15, 0.2) is 0 Å². The molecule has 5 heteroatoms. The van der Waals surface area contributed by atoms with Crippen molar-refractivity contribution >= 4 is 0 Å². The highest BCUT2D eigenvalue weighted by molar-refractivity contribution is 5.51. The minimum absolute atomic E-state index is 0.420. The zero-order valence-electron chi connectivity index (χ0n) is 11.4. The highest BCUT2D eigenvalue weighted by atomic mass is 15.2. The average molecular weight is 257 g/mol. The van der Waals surface area contributed by atoms with Gasteiger partial charge in [-0.05, 0) is 39.3 Å². The lowest BCUT2D eigenvalue weighted by molar-refractivity contribution is 0.202. The molecule has 3 heterocycles. The maximum atomic E-state index is 4.60. The summed E-state index contributed by atoms with van der Waals surface area (Å²) in [5.41, 5.74) is 2.83. The number of aromatic amines is 1. The quantitative estimate of drug-likeness (QED) is 0.917. The number of rotatable bonds is 3. The number of hydrogen-bond acceptors (Lipinski definition) is 4. The van der Waals surface area contributed by atoms with Gasteiger partial charge in [-0.15, -0.1) is 0 Å². The molecular formula is C14H19N5. The van der Waals surface area contributed by atoms with Crippen molar-refractivity contribution in [3.8, 4) is 11.4 Å². The van der Waals surface area contributed by atoms with Crippen LogP contribution in [-0.4, -0.2) is 37.7 Å². The average Bonchev–Trinajstić information content (AvgIpc) is 3.10. The van der Waals surface area contributed by atoms with Crippen LogP contribution in [0.2, 0.25) is 0 Å². The van der Waals surface area contributed by atoms with Crippen molar-refractivity contribution in [2.75, 3.05) is 6.54 Å². The lowest BCUT2D eigenvalue weighted by atomic mass is 10.1. The molecule has 1 aliphatic heterocycles. The van der Waals surface area contributed by atoms with Gasteiger partial charge in [-0.1, -0.05) is 0 Å². The Morgan fingerprint density at radius 2 is 2.21 bits per heavy atom. The molecule has 0 unspecified atom stereocenters.